The average Bonchev–Trinajstić information content (AvgIpc) is 2.52. The minimum Gasteiger partial charge on any atom is -0.508 e. The van der Waals surface area contributed by atoms with Crippen molar-refractivity contribution >= 4 is 17.9 Å². The molecule has 0 spiro atoms. The van der Waals surface area contributed by atoms with Crippen LogP contribution in [0.1, 0.15) is 13.3 Å². The summed E-state index contributed by atoms with van der Waals surface area (Å²) in [6.45, 7) is 1.64. The van der Waals surface area contributed by atoms with Crippen LogP contribution >= 0.6 is 0 Å². The van der Waals surface area contributed by atoms with Crippen LogP contribution in [-0.4, -0.2) is 36.2 Å². The van der Waals surface area contributed by atoms with Gasteiger partial charge in [-0.05, 0) is 30.7 Å². The Bertz CT molecular complexity index is 560. The lowest BCUT2D eigenvalue weighted by Gasteiger charge is -2.14. The molecule has 0 saturated heterocycles. The molecule has 0 radical (unpaired) electrons. The van der Waals surface area contributed by atoms with Crippen LogP contribution in [0.3, 0.4) is 0 Å². The topological polar surface area (TPSA) is 99.1 Å². The molecule has 0 fully saturated rings. The molecule has 1 atom stereocenters. The van der Waals surface area contributed by atoms with Crippen molar-refractivity contribution in [1.29, 1.82) is 0 Å². The van der Waals surface area contributed by atoms with Crippen LogP contribution in [0.5, 0.6) is 11.5 Å². The zero-order valence-electron chi connectivity index (χ0n) is 12.1. The fourth-order valence-corrected chi connectivity index (χ4v) is 1.38. The van der Waals surface area contributed by atoms with E-state index in [9.17, 15) is 14.4 Å². The van der Waals surface area contributed by atoms with Gasteiger partial charge in [0.25, 0.3) is 0 Å². The maximum atomic E-state index is 11.9. The Kier molecular flexibility index (Phi) is 6.62. The Morgan fingerprint density at radius 3 is 2.27 bits per heavy atom. The van der Waals surface area contributed by atoms with Gasteiger partial charge in [-0.1, -0.05) is 6.92 Å². The Morgan fingerprint density at radius 1 is 1.14 bits per heavy atom. The minimum atomic E-state index is -1.11. The van der Waals surface area contributed by atoms with Crippen LogP contribution in [0.2, 0.25) is 0 Å². The normalized spacial score (nSPS) is 11.7. The van der Waals surface area contributed by atoms with Crippen molar-refractivity contribution in [2.75, 3.05) is 7.11 Å². The first-order valence-electron chi connectivity index (χ1n) is 6.43. The number of phenolic OH excluding ortho intramolecular Hbond substituents is 1. The van der Waals surface area contributed by atoms with Crippen LogP contribution in [0, 0.1) is 0 Å². The molecule has 22 heavy (non-hydrogen) atoms. The molecule has 1 aromatic carbocycles. The molecule has 1 unspecified atom stereocenters. The second-order valence-electron chi connectivity index (χ2n) is 4.11. The van der Waals surface area contributed by atoms with Crippen LogP contribution < -0.4 is 4.74 Å². The highest BCUT2D eigenvalue weighted by Crippen LogP contribution is 2.17. The van der Waals surface area contributed by atoms with Gasteiger partial charge in [0.2, 0.25) is 0 Å². The Hall–Kier alpha value is -2.83. The van der Waals surface area contributed by atoms with Crippen LogP contribution in [0.25, 0.3) is 0 Å². The predicted molar refractivity (Wildman–Crippen MR) is 75.1 cm³/mol. The van der Waals surface area contributed by atoms with Crippen molar-refractivity contribution in [3.8, 4) is 11.5 Å². The van der Waals surface area contributed by atoms with Gasteiger partial charge in [0.1, 0.15) is 11.5 Å². The average molecular weight is 308 g/mol. The molecule has 1 N–H and O–H groups in total. The highest BCUT2D eigenvalue weighted by Gasteiger charge is 2.22. The molecule has 7 nitrogen and oxygen atoms in total. The molecule has 1 aromatic rings. The van der Waals surface area contributed by atoms with Crippen molar-refractivity contribution in [2.45, 2.75) is 19.4 Å². The van der Waals surface area contributed by atoms with E-state index in [-0.39, 0.29) is 17.9 Å². The zero-order chi connectivity index (χ0) is 16.5. The molecule has 0 aliphatic rings. The van der Waals surface area contributed by atoms with Gasteiger partial charge in [-0.25, -0.2) is 14.4 Å². The number of ether oxygens (including phenoxy) is 3. The maximum absolute atomic E-state index is 11.9. The summed E-state index contributed by atoms with van der Waals surface area (Å²) in [5.41, 5.74) is 0. The molecule has 1 rings (SSSR count). The highest BCUT2D eigenvalue weighted by molar-refractivity contribution is 5.92. The smallest absolute Gasteiger partial charge is 0.352 e. The molecule has 0 aliphatic heterocycles. The van der Waals surface area contributed by atoms with Crippen molar-refractivity contribution in [3.63, 3.8) is 0 Å². The van der Waals surface area contributed by atoms with Gasteiger partial charge in [-0.3, -0.25) is 0 Å². The summed E-state index contributed by atoms with van der Waals surface area (Å²) >= 11 is 0. The van der Waals surface area contributed by atoms with E-state index < -0.39 is 24.0 Å². The van der Waals surface area contributed by atoms with Crippen LogP contribution in [0.4, 0.5) is 0 Å². The van der Waals surface area contributed by atoms with Crippen LogP contribution in [0.15, 0.2) is 36.4 Å². The molecule has 118 valence electrons. The molecule has 0 amide bonds. The summed E-state index contributed by atoms with van der Waals surface area (Å²) in [6, 6.07) is 5.52. The van der Waals surface area contributed by atoms with Crippen LogP contribution in [-0.2, 0) is 23.9 Å². The van der Waals surface area contributed by atoms with Gasteiger partial charge < -0.3 is 19.3 Å². The lowest BCUT2D eigenvalue weighted by Crippen LogP contribution is -2.30. The molecule has 0 aliphatic carbocycles. The number of hydrogen-bond acceptors (Lipinski definition) is 7. The summed E-state index contributed by atoms with van der Waals surface area (Å²) in [4.78, 5) is 34.2. The third-order valence-electron chi connectivity index (χ3n) is 2.50. The largest absolute Gasteiger partial charge is 0.508 e. The molecule has 0 heterocycles. The third-order valence-corrected chi connectivity index (χ3v) is 2.50. The van der Waals surface area contributed by atoms with Gasteiger partial charge in [-0.2, -0.15) is 0 Å². The van der Waals surface area contributed by atoms with E-state index in [0.29, 0.717) is 0 Å². The summed E-state index contributed by atoms with van der Waals surface area (Å²) in [5, 5.41) is 9.13. The van der Waals surface area contributed by atoms with Crippen molar-refractivity contribution in [3.05, 3.63) is 36.4 Å². The summed E-state index contributed by atoms with van der Waals surface area (Å²) in [5.74, 6) is -2.09. The second kappa shape index (κ2) is 8.46. The number of hydrogen-bond donors (Lipinski definition) is 1. The molecule has 0 saturated carbocycles. The maximum Gasteiger partial charge on any atom is 0.352 e. The number of esters is 3. The van der Waals surface area contributed by atoms with Crippen molar-refractivity contribution < 1.29 is 33.7 Å². The van der Waals surface area contributed by atoms with E-state index in [2.05, 4.69) is 4.74 Å². The number of rotatable bonds is 6. The fraction of sp³-hybridized carbons (Fsp3) is 0.267. The Labute approximate surface area is 127 Å². The molecule has 7 heteroatoms. The number of methoxy groups -OCH3 is 1. The van der Waals surface area contributed by atoms with Gasteiger partial charge >= 0.3 is 17.9 Å². The summed E-state index contributed by atoms with van der Waals surface area (Å²) in [7, 11) is 1.17. The quantitative estimate of drug-likeness (QED) is 0.481. The number of carbonyl (C=O) groups is 3. The van der Waals surface area contributed by atoms with E-state index in [1.54, 1.807) is 6.92 Å². The lowest BCUT2D eigenvalue weighted by molar-refractivity contribution is -0.159. The van der Waals surface area contributed by atoms with E-state index in [1.807, 2.05) is 0 Å². The second-order valence-corrected chi connectivity index (χ2v) is 4.11. The molecular formula is C15H16O7. The van der Waals surface area contributed by atoms with E-state index in [4.69, 9.17) is 14.6 Å². The van der Waals surface area contributed by atoms with Crippen molar-refractivity contribution in [2.24, 2.45) is 0 Å². The van der Waals surface area contributed by atoms with E-state index in [1.165, 1.54) is 31.4 Å². The van der Waals surface area contributed by atoms with Crippen molar-refractivity contribution in [1.82, 2.24) is 0 Å². The number of phenols is 1. The summed E-state index contributed by atoms with van der Waals surface area (Å²) in [6.07, 6.45) is 0.848. The predicted octanol–water partition coefficient (Wildman–Crippen LogP) is 1.35. The Balaban J connectivity index is 2.61. The SMILES string of the molecule is CCC(OC(=O)C=CC(=O)OC)C(=O)Oc1ccc(O)cc1. The lowest BCUT2D eigenvalue weighted by atomic mass is 10.2. The van der Waals surface area contributed by atoms with E-state index >= 15 is 0 Å². The molecule has 0 bridgehead atoms. The zero-order valence-corrected chi connectivity index (χ0v) is 12.1. The van der Waals surface area contributed by atoms with Gasteiger partial charge in [0.05, 0.1) is 7.11 Å². The highest BCUT2D eigenvalue weighted by atomic mass is 16.6. The number of aromatic hydroxyl groups is 1. The molecular weight excluding hydrogens is 292 g/mol. The molecule has 0 aromatic heterocycles. The first-order chi connectivity index (χ1) is 10.5. The number of carbonyl (C=O) groups excluding carboxylic acids is 3. The fourth-order valence-electron chi connectivity index (χ4n) is 1.38. The van der Waals surface area contributed by atoms with Gasteiger partial charge in [0.15, 0.2) is 6.10 Å². The van der Waals surface area contributed by atoms with Gasteiger partial charge in [0, 0.05) is 12.2 Å². The standard InChI is InChI=1S/C15H16O7/c1-3-12(22-14(18)9-8-13(17)20-2)15(19)21-11-6-4-10(16)5-7-11/h4-9,12,16H,3H2,1-2H3. The first kappa shape index (κ1) is 17.2. The third kappa shape index (κ3) is 5.66. The monoisotopic (exact) mass is 308 g/mol. The first-order valence-corrected chi connectivity index (χ1v) is 6.43. The van der Waals surface area contributed by atoms with E-state index in [0.717, 1.165) is 12.2 Å². The Morgan fingerprint density at radius 2 is 1.73 bits per heavy atom. The number of benzene rings is 1. The summed E-state index contributed by atoms with van der Waals surface area (Å²) < 4.78 is 14.2. The minimum absolute atomic E-state index is 0.0335. The van der Waals surface area contributed by atoms with Gasteiger partial charge in [-0.15, -0.1) is 0 Å².